The molecule has 0 unspecified atom stereocenters. The molecule has 1 heterocycles. The minimum Gasteiger partial charge on any atom is -0.353 e. The van der Waals surface area contributed by atoms with Crippen LogP contribution in [0.4, 0.5) is 0 Å². The van der Waals surface area contributed by atoms with Crippen LogP contribution in [-0.2, 0) is 11.3 Å². The van der Waals surface area contributed by atoms with Gasteiger partial charge in [-0.1, -0.05) is 68.6 Å². The van der Waals surface area contributed by atoms with Crippen LogP contribution in [-0.4, -0.2) is 21.7 Å². The van der Waals surface area contributed by atoms with Gasteiger partial charge in [0.2, 0.25) is 5.91 Å². The van der Waals surface area contributed by atoms with Crippen molar-refractivity contribution in [1.29, 1.82) is 0 Å². The largest absolute Gasteiger partial charge is 0.353 e. The molecule has 1 saturated carbocycles. The van der Waals surface area contributed by atoms with Crippen molar-refractivity contribution in [3.05, 3.63) is 53.6 Å². The molecule has 5 heteroatoms. The van der Waals surface area contributed by atoms with Crippen molar-refractivity contribution in [1.82, 2.24) is 15.1 Å². The molecule has 4 rings (SSSR count). The van der Waals surface area contributed by atoms with Crippen LogP contribution < -0.4 is 5.32 Å². The highest BCUT2D eigenvalue weighted by Crippen LogP contribution is 2.31. The van der Waals surface area contributed by atoms with E-state index in [0.29, 0.717) is 35.9 Å². The zero-order chi connectivity index (χ0) is 21.1. The van der Waals surface area contributed by atoms with E-state index in [9.17, 15) is 4.79 Å². The van der Waals surface area contributed by atoms with Gasteiger partial charge in [0.05, 0.1) is 5.52 Å². The number of nitrogens with one attached hydrogen (secondary N) is 1. The monoisotopic (exact) mass is 423 g/mol. The van der Waals surface area contributed by atoms with E-state index in [4.69, 9.17) is 16.7 Å². The minimum atomic E-state index is 0.156. The number of aromatic nitrogens is 2. The predicted molar refractivity (Wildman–Crippen MR) is 124 cm³/mol. The van der Waals surface area contributed by atoms with Crippen LogP contribution in [0.5, 0.6) is 0 Å². The molecule has 0 aliphatic heterocycles. The maximum atomic E-state index is 12.5. The molecule has 1 aliphatic rings. The average molecular weight is 424 g/mol. The lowest BCUT2D eigenvalue weighted by molar-refractivity contribution is -0.122. The highest BCUT2D eigenvalue weighted by molar-refractivity contribution is 6.31. The molecule has 3 aromatic rings. The summed E-state index contributed by atoms with van der Waals surface area (Å²) in [5.74, 6) is 1.39. The number of nitrogens with zero attached hydrogens (tertiary/aromatic N) is 2. The van der Waals surface area contributed by atoms with Crippen LogP contribution in [0, 0.1) is 11.8 Å². The lowest BCUT2D eigenvalue weighted by atomic mass is 9.78. The Morgan fingerprint density at radius 1 is 1.17 bits per heavy atom. The van der Waals surface area contributed by atoms with E-state index >= 15 is 0 Å². The number of hydrogen-bond acceptors (Lipinski definition) is 2. The van der Waals surface area contributed by atoms with Gasteiger partial charge in [0.1, 0.15) is 5.69 Å². The van der Waals surface area contributed by atoms with Gasteiger partial charge in [-0.05, 0) is 42.9 Å². The van der Waals surface area contributed by atoms with Gasteiger partial charge in [-0.3, -0.25) is 9.48 Å². The van der Waals surface area contributed by atoms with E-state index in [2.05, 4.69) is 31.3 Å². The number of carbonyl (C=O) groups excluding carboxylic acids is 1. The standard InChI is InChI=1S/C25H30ClN3O/c1-17-8-6-11-22(18(17)2)27-24(30)12-7-15-29-23-14-13-20(26)16-21(23)25(28-29)19-9-4-3-5-10-19/h3-5,9-10,13-14,16-18,22H,6-8,11-12,15H2,1-2H3,(H,27,30)/t17-,18-,22-/m1/s1. The van der Waals surface area contributed by atoms with Crippen LogP contribution in [0.3, 0.4) is 0 Å². The number of halogens is 1. The fraction of sp³-hybridized carbons (Fsp3) is 0.440. The molecular weight excluding hydrogens is 394 g/mol. The van der Waals surface area contributed by atoms with E-state index in [1.54, 1.807) is 0 Å². The van der Waals surface area contributed by atoms with Crippen LogP contribution in [0.2, 0.25) is 5.02 Å². The molecule has 1 N–H and O–H groups in total. The second-order valence-corrected chi connectivity index (χ2v) is 9.08. The molecule has 0 radical (unpaired) electrons. The number of amides is 1. The lowest BCUT2D eigenvalue weighted by Gasteiger charge is -2.34. The van der Waals surface area contributed by atoms with Gasteiger partial charge < -0.3 is 5.32 Å². The van der Waals surface area contributed by atoms with Gasteiger partial charge in [0, 0.05) is 35.0 Å². The van der Waals surface area contributed by atoms with Crippen LogP contribution in [0.25, 0.3) is 22.2 Å². The van der Waals surface area contributed by atoms with E-state index in [-0.39, 0.29) is 5.91 Å². The molecule has 4 nitrogen and oxygen atoms in total. The Morgan fingerprint density at radius 3 is 2.77 bits per heavy atom. The fourth-order valence-electron chi connectivity index (χ4n) is 4.59. The van der Waals surface area contributed by atoms with Gasteiger partial charge >= 0.3 is 0 Å². The molecule has 1 aliphatic carbocycles. The van der Waals surface area contributed by atoms with Crippen molar-refractivity contribution in [3.63, 3.8) is 0 Å². The topological polar surface area (TPSA) is 46.9 Å². The third-order valence-corrected chi connectivity index (χ3v) is 6.82. The summed E-state index contributed by atoms with van der Waals surface area (Å²) < 4.78 is 2.01. The summed E-state index contributed by atoms with van der Waals surface area (Å²) in [6, 6.07) is 16.4. The summed E-state index contributed by atoms with van der Waals surface area (Å²) in [6.45, 7) is 5.26. The van der Waals surface area contributed by atoms with Crippen molar-refractivity contribution in [2.45, 2.75) is 58.5 Å². The van der Waals surface area contributed by atoms with E-state index in [0.717, 1.165) is 35.0 Å². The third-order valence-electron chi connectivity index (χ3n) is 6.59. The van der Waals surface area contributed by atoms with Crippen LogP contribution in [0.1, 0.15) is 46.0 Å². The molecule has 1 amide bonds. The Balaban J connectivity index is 1.44. The highest BCUT2D eigenvalue weighted by Gasteiger charge is 2.27. The van der Waals surface area contributed by atoms with Gasteiger partial charge in [-0.15, -0.1) is 0 Å². The Hall–Kier alpha value is -2.33. The molecule has 158 valence electrons. The van der Waals surface area contributed by atoms with Crippen molar-refractivity contribution in [3.8, 4) is 11.3 Å². The van der Waals surface area contributed by atoms with Crippen molar-refractivity contribution in [2.24, 2.45) is 11.8 Å². The number of rotatable bonds is 6. The van der Waals surface area contributed by atoms with E-state index in [1.807, 2.05) is 41.1 Å². The molecular formula is C25H30ClN3O. The number of aryl methyl sites for hydroxylation is 1. The number of carbonyl (C=O) groups is 1. The maximum Gasteiger partial charge on any atom is 0.220 e. The van der Waals surface area contributed by atoms with Crippen LogP contribution in [0.15, 0.2) is 48.5 Å². The molecule has 1 fully saturated rings. The first-order valence-electron chi connectivity index (χ1n) is 11.0. The lowest BCUT2D eigenvalue weighted by Crippen LogP contribution is -2.43. The second kappa shape index (κ2) is 9.22. The van der Waals surface area contributed by atoms with Crippen molar-refractivity contribution in [2.75, 3.05) is 0 Å². The molecule has 30 heavy (non-hydrogen) atoms. The second-order valence-electron chi connectivity index (χ2n) is 8.64. The SMILES string of the molecule is C[C@@H]1[C@H](C)CCC[C@H]1NC(=O)CCCn1nc(-c2ccccc2)c2cc(Cl)ccc21. The number of hydrogen-bond donors (Lipinski definition) is 1. The summed E-state index contributed by atoms with van der Waals surface area (Å²) >= 11 is 6.26. The van der Waals surface area contributed by atoms with Gasteiger partial charge in [-0.25, -0.2) is 0 Å². The Labute approximate surface area is 183 Å². The molecule has 0 spiro atoms. The average Bonchev–Trinajstić information content (AvgIpc) is 3.10. The summed E-state index contributed by atoms with van der Waals surface area (Å²) in [4.78, 5) is 12.5. The predicted octanol–water partition coefficient (Wildman–Crippen LogP) is 6.08. The summed E-state index contributed by atoms with van der Waals surface area (Å²) in [5, 5.41) is 9.88. The van der Waals surface area contributed by atoms with Crippen molar-refractivity contribution < 1.29 is 4.79 Å². The van der Waals surface area contributed by atoms with E-state index < -0.39 is 0 Å². The first kappa shape index (κ1) is 20.9. The third kappa shape index (κ3) is 4.54. The highest BCUT2D eigenvalue weighted by atomic mass is 35.5. The molecule has 1 aromatic heterocycles. The molecule has 0 bridgehead atoms. The number of fused-ring (bicyclic) bond motifs is 1. The first-order chi connectivity index (χ1) is 14.5. The smallest absolute Gasteiger partial charge is 0.220 e. The Morgan fingerprint density at radius 2 is 1.97 bits per heavy atom. The Kier molecular flexibility index (Phi) is 6.43. The van der Waals surface area contributed by atoms with E-state index in [1.165, 1.54) is 12.8 Å². The summed E-state index contributed by atoms with van der Waals surface area (Å²) in [7, 11) is 0. The van der Waals surface area contributed by atoms with Gasteiger partial charge in [-0.2, -0.15) is 5.10 Å². The van der Waals surface area contributed by atoms with Gasteiger partial charge in [0.25, 0.3) is 0 Å². The molecule has 2 aromatic carbocycles. The zero-order valence-corrected chi connectivity index (χ0v) is 18.5. The van der Waals surface area contributed by atoms with Crippen LogP contribution >= 0.6 is 11.6 Å². The minimum absolute atomic E-state index is 0.156. The Bertz CT molecular complexity index is 1010. The zero-order valence-electron chi connectivity index (χ0n) is 17.8. The summed E-state index contributed by atoms with van der Waals surface area (Å²) in [5.41, 5.74) is 3.05. The van der Waals surface area contributed by atoms with Crippen molar-refractivity contribution >= 4 is 28.4 Å². The molecule has 0 saturated heterocycles. The fourth-order valence-corrected chi connectivity index (χ4v) is 4.76. The molecule has 3 atom stereocenters. The quantitative estimate of drug-likeness (QED) is 0.522. The number of benzene rings is 2. The first-order valence-corrected chi connectivity index (χ1v) is 11.4. The van der Waals surface area contributed by atoms with Gasteiger partial charge in [0.15, 0.2) is 0 Å². The normalized spacial score (nSPS) is 21.6. The maximum absolute atomic E-state index is 12.5. The summed E-state index contributed by atoms with van der Waals surface area (Å²) in [6.07, 6.45) is 4.86.